The molecule has 2 amide bonds. The molecule has 4 rings (SSSR count). The standard InChI is InChI=1S/C21H14ClFN4O2S2/c22-15-4-2-1-3-14(15)20(29)27-26-18(28)10-30-21-19-16(24-11-25-21)9-17(31-19)12-5-7-13(23)8-6-12/h1-9,11H,10H2,(H,26,28)(H,27,29). The number of halogens is 2. The van der Waals surface area contributed by atoms with Crippen LogP contribution in [0, 0.1) is 5.82 Å². The number of benzene rings is 2. The molecule has 6 nitrogen and oxygen atoms in total. The zero-order chi connectivity index (χ0) is 21.8. The molecule has 2 aromatic carbocycles. The van der Waals surface area contributed by atoms with E-state index in [0.717, 1.165) is 20.7 Å². The molecule has 10 heteroatoms. The lowest BCUT2D eigenvalue weighted by Gasteiger charge is -2.08. The second-order valence-corrected chi connectivity index (χ2v) is 8.70. The minimum atomic E-state index is -0.504. The SMILES string of the molecule is O=C(CSc1ncnc2cc(-c3ccc(F)cc3)sc12)NNC(=O)c1ccccc1Cl. The molecule has 0 aliphatic rings. The van der Waals surface area contributed by atoms with Gasteiger partial charge in [-0.05, 0) is 35.9 Å². The molecule has 0 bridgehead atoms. The molecule has 0 unspecified atom stereocenters. The lowest BCUT2D eigenvalue weighted by molar-refractivity contribution is -0.119. The van der Waals surface area contributed by atoms with E-state index in [1.54, 1.807) is 36.4 Å². The summed E-state index contributed by atoms with van der Waals surface area (Å²) in [5.74, 6) is -1.16. The Bertz CT molecular complexity index is 1260. The van der Waals surface area contributed by atoms with Crippen molar-refractivity contribution in [1.29, 1.82) is 0 Å². The van der Waals surface area contributed by atoms with Gasteiger partial charge in [-0.3, -0.25) is 20.4 Å². The average molecular weight is 473 g/mol. The fourth-order valence-corrected chi connectivity index (χ4v) is 4.92. The van der Waals surface area contributed by atoms with Crippen molar-refractivity contribution in [3.05, 3.63) is 77.3 Å². The van der Waals surface area contributed by atoms with Crippen molar-refractivity contribution in [2.45, 2.75) is 5.03 Å². The molecular formula is C21H14ClFN4O2S2. The molecule has 2 aromatic heterocycles. The van der Waals surface area contributed by atoms with E-state index in [4.69, 9.17) is 11.6 Å². The van der Waals surface area contributed by atoms with Gasteiger partial charge in [0.2, 0.25) is 5.91 Å². The summed E-state index contributed by atoms with van der Waals surface area (Å²) in [6.45, 7) is 0. The predicted octanol–water partition coefficient (Wildman–Crippen LogP) is 4.70. The van der Waals surface area contributed by atoms with Crippen LogP contribution in [0.15, 0.2) is 66.0 Å². The van der Waals surface area contributed by atoms with E-state index in [1.807, 2.05) is 6.07 Å². The molecule has 0 aliphatic carbocycles. The highest BCUT2D eigenvalue weighted by atomic mass is 35.5. The van der Waals surface area contributed by atoms with Gasteiger partial charge in [0.25, 0.3) is 5.91 Å². The van der Waals surface area contributed by atoms with Crippen LogP contribution in [0.4, 0.5) is 4.39 Å². The minimum absolute atomic E-state index is 0.0404. The zero-order valence-electron chi connectivity index (χ0n) is 15.8. The van der Waals surface area contributed by atoms with Crippen molar-refractivity contribution in [3.8, 4) is 10.4 Å². The van der Waals surface area contributed by atoms with E-state index in [-0.39, 0.29) is 17.1 Å². The average Bonchev–Trinajstić information content (AvgIpc) is 3.21. The maximum Gasteiger partial charge on any atom is 0.271 e. The second kappa shape index (κ2) is 9.42. The van der Waals surface area contributed by atoms with E-state index in [9.17, 15) is 14.0 Å². The number of carbonyl (C=O) groups excluding carboxylic acids is 2. The number of hydrogen-bond donors (Lipinski definition) is 2. The number of rotatable bonds is 5. The highest BCUT2D eigenvalue weighted by Crippen LogP contribution is 2.36. The van der Waals surface area contributed by atoms with Gasteiger partial charge in [0, 0.05) is 4.88 Å². The number of carbonyl (C=O) groups is 2. The number of nitrogens with one attached hydrogen (secondary N) is 2. The number of amides is 2. The summed E-state index contributed by atoms with van der Waals surface area (Å²) in [5.41, 5.74) is 6.60. The Hall–Kier alpha value is -3.01. The van der Waals surface area contributed by atoms with Gasteiger partial charge in [0.05, 0.1) is 26.6 Å². The Morgan fingerprint density at radius 1 is 1.06 bits per heavy atom. The fourth-order valence-electron chi connectivity index (χ4n) is 2.70. The number of aromatic nitrogens is 2. The van der Waals surface area contributed by atoms with Gasteiger partial charge in [0.1, 0.15) is 17.2 Å². The molecule has 0 saturated heterocycles. The van der Waals surface area contributed by atoms with Crippen molar-refractivity contribution in [3.63, 3.8) is 0 Å². The van der Waals surface area contributed by atoms with Crippen LogP contribution in [0.2, 0.25) is 5.02 Å². The Labute approximate surface area is 189 Å². The van der Waals surface area contributed by atoms with Crippen LogP contribution >= 0.6 is 34.7 Å². The third kappa shape index (κ3) is 5.01. The van der Waals surface area contributed by atoms with Crippen molar-refractivity contribution < 1.29 is 14.0 Å². The van der Waals surface area contributed by atoms with Gasteiger partial charge in [-0.15, -0.1) is 11.3 Å². The van der Waals surface area contributed by atoms with Gasteiger partial charge in [-0.1, -0.05) is 47.6 Å². The molecule has 0 saturated carbocycles. The van der Waals surface area contributed by atoms with Crippen LogP contribution in [-0.2, 0) is 4.79 Å². The summed E-state index contributed by atoms with van der Waals surface area (Å²) in [6, 6.07) is 14.7. The van der Waals surface area contributed by atoms with Crippen LogP contribution in [0.25, 0.3) is 20.7 Å². The van der Waals surface area contributed by atoms with E-state index in [1.165, 1.54) is 41.6 Å². The highest BCUT2D eigenvalue weighted by Gasteiger charge is 2.14. The van der Waals surface area contributed by atoms with E-state index < -0.39 is 11.8 Å². The maximum atomic E-state index is 13.2. The first-order valence-corrected chi connectivity index (χ1v) is 11.2. The molecular weight excluding hydrogens is 459 g/mol. The summed E-state index contributed by atoms with van der Waals surface area (Å²) in [6.07, 6.45) is 1.43. The van der Waals surface area contributed by atoms with E-state index >= 15 is 0 Å². The first kappa shape index (κ1) is 21.2. The molecule has 2 N–H and O–H groups in total. The van der Waals surface area contributed by atoms with Crippen LogP contribution in [-0.4, -0.2) is 27.5 Å². The van der Waals surface area contributed by atoms with Gasteiger partial charge >= 0.3 is 0 Å². The smallest absolute Gasteiger partial charge is 0.271 e. The number of thioether (sulfide) groups is 1. The summed E-state index contributed by atoms with van der Waals surface area (Å²) in [4.78, 5) is 33.8. The summed E-state index contributed by atoms with van der Waals surface area (Å²) in [7, 11) is 0. The second-order valence-electron chi connectivity index (χ2n) is 6.28. The topological polar surface area (TPSA) is 84.0 Å². The van der Waals surface area contributed by atoms with Crippen molar-refractivity contribution in [2.24, 2.45) is 0 Å². The van der Waals surface area contributed by atoms with E-state index in [0.29, 0.717) is 10.0 Å². The molecule has 0 spiro atoms. The summed E-state index contributed by atoms with van der Waals surface area (Å²) >= 11 is 8.67. The first-order chi connectivity index (χ1) is 15.0. The van der Waals surface area contributed by atoms with Gasteiger partial charge in [0.15, 0.2) is 0 Å². The molecule has 0 atom stereocenters. The third-order valence-corrected chi connectivity index (χ3v) is 6.81. The lowest BCUT2D eigenvalue weighted by atomic mass is 10.2. The molecule has 156 valence electrons. The Morgan fingerprint density at radius 3 is 2.61 bits per heavy atom. The van der Waals surface area contributed by atoms with Crippen LogP contribution in [0.3, 0.4) is 0 Å². The van der Waals surface area contributed by atoms with Crippen LogP contribution < -0.4 is 10.9 Å². The van der Waals surface area contributed by atoms with Crippen molar-refractivity contribution in [2.75, 3.05) is 5.75 Å². The largest absolute Gasteiger partial charge is 0.272 e. The maximum absolute atomic E-state index is 13.2. The molecule has 31 heavy (non-hydrogen) atoms. The normalized spacial score (nSPS) is 10.8. The van der Waals surface area contributed by atoms with Crippen molar-refractivity contribution in [1.82, 2.24) is 20.8 Å². The van der Waals surface area contributed by atoms with Crippen molar-refractivity contribution >= 4 is 56.7 Å². The minimum Gasteiger partial charge on any atom is -0.272 e. The number of fused-ring (bicyclic) bond motifs is 1. The van der Waals surface area contributed by atoms with Crippen LogP contribution in [0.5, 0.6) is 0 Å². The molecule has 0 aliphatic heterocycles. The number of thiophene rings is 1. The van der Waals surface area contributed by atoms with Gasteiger partial charge in [-0.2, -0.15) is 0 Å². The van der Waals surface area contributed by atoms with Gasteiger partial charge < -0.3 is 0 Å². The number of nitrogens with zero attached hydrogens (tertiary/aromatic N) is 2. The Kier molecular flexibility index (Phi) is 6.45. The molecule has 4 aromatic rings. The zero-order valence-corrected chi connectivity index (χ0v) is 18.2. The Balaban J connectivity index is 1.40. The van der Waals surface area contributed by atoms with E-state index in [2.05, 4.69) is 20.8 Å². The molecule has 0 radical (unpaired) electrons. The lowest BCUT2D eigenvalue weighted by Crippen LogP contribution is -2.42. The molecule has 0 fully saturated rings. The quantitative estimate of drug-likeness (QED) is 0.250. The van der Waals surface area contributed by atoms with Crippen LogP contribution in [0.1, 0.15) is 10.4 Å². The summed E-state index contributed by atoms with van der Waals surface area (Å²) in [5, 5.41) is 0.942. The predicted molar refractivity (Wildman–Crippen MR) is 121 cm³/mol. The first-order valence-electron chi connectivity index (χ1n) is 8.98. The monoisotopic (exact) mass is 472 g/mol. The number of hydrogen-bond acceptors (Lipinski definition) is 6. The van der Waals surface area contributed by atoms with Gasteiger partial charge in [-0.25, -0.2) is 14.4 Å². The summed E-state index contributed by atoms with van der Waals surface area (Å²) < 4.78 is 14.0. The number of hydrazine groups is 1. The highest BCUT2D eigenvalue weighted by molar-refractivity contribution is 8.00. The third-order valence-electron chi connectivity index (χ3n) is 4.18. The Morgan fingerprint density at radius 2 is 1.84 bits per heavy atom. The molecule has 2 heterocycles. The fraction of sp³-hybridized carbons (Fsp3) is 0.0476.